The minimum atomic E-state index is -0.0361. The standard InChI is InChI=1S/C21H26N2O2/c22-13-14-25-18-10-6-9-17(15-18)21(24)23-20-12-5-4-11-19(20)16-7-2-1-3-8-16/h1-3,6-10,15,19-20H,4-5,11-14,22H2,(H,23,24)/t19-,20+/m1/s1. The number of carbonyl (C=O) groups is 1. The largest absolute Gasteiger partial charge is 0.492 e. The van der Waals surface area contributed by atoms with Crippen molar-refractivity contribution in [3.63, 3.8) is 0 Å². The molecule has 3 N–H and O–H groups in total. The highest BCUT2D eigenvalue weighted by Gasteiger charge is 2.28. The van der Waals surface area contributed by atoms with Crippen LogP contribution in [0.25, 0.3) is 0 Å². The van der Waals surface area contributed by atoms with Crippen LogP contribution in [-0.2, 0) is 0 Å². The fourth-order valence-electron chi connectivity index (χ4n) is 3.56. The van der Waals surface area contributed by atoms with E-state index in [-0.39, 0.29) is 11.9 Å². The van der Waals surface area contributed by atoms with E-state index in [0.717, 1.165) is 19.3 Å². The summed E-state index contributed by atoms with van der Waals surface area (Å²) in [6.45, 7) is 0.904. The molecule has 4 nitrogen and oxygen atoms in total. The molecule has 0 heterocycles. The van der Waals surface area contributed by atoms with E-state index in [4.69, 9.17) is 10.5 Å². The number of ether oxygens (including phenoxy) is 1. The van der Waals surface area contributed by atoms with Crippen LogP contribution in [0.3, 0.4) is 0 Å². The van der Waals surface area contributed by atoms with Gasteiger partial charge in [0, 0.05) is 24.1 Å². The molecule has 1 aliphatic carbocycles. The Morgan fingerprint density at radius 1 is 1.08 bits per heavy atom. The lowest BCUT2D eigenvalue weighted by atomic mass is 9.80. The Labute approximate surface area is 149 Å². The number of rotatable bonds is 6. The molecule has 0 saturated heterocycles. The van der Waals surface area contributed by atoms with Crippen molar-refractivity contribution in [1.29, 1.82) is 0 Å². The highest BCUT2D eigenvalue weighted by atomic mass is 16.5. The van der Waals surface area contributed by atoms with Gasteiger partial charge in [0.2, 0.25) is 0 Å². The molecule has 1 fully saturated rings. The van der Waals surface area contributed by atoms with Crippen LogP contribution in [0.2, 0.25) is 0 Å². The Bertz CT molecular complexity index is 687. The summed E-state index contributed by atoms with van der Waals surface area (Å²) in [5.74, 6) is 1.03. The third-order valence-corrected chi connectivity index (χ3v) is 4.79. The fraction of sp³-hybridized carbons (Fsp3) is 0.381. The van der Waals surface area contributed by atoms with Crippen molar-refractivity contribution in [1.82, 2.24) is 5.32 Å². The van der Waals surface area contributed by atoms with E-state index in [1.165, 1.54) is 12.0 Å². The maximum absolute atomic E-state index is 12.7. The number of hydrogen-bond acceptors (Lipinski definition) is 3. The molecule has 2 aromatic carbocycles. The van der Waals surface area contributed by atoms with Gasteiger partial charge in [0.25, 0.3) is 5.91 Å². The van der Waals surface area contributed by atoms with Gasteiger partial charge < -0.3 is 15.8 Å². The quantitative estimate of drug-likeness (QED) is 0.847. The molecule has 0 radical (unpaired) electrons. The van der Waals surface area contributed by atoms with Gasteiger partial charge in [-0.3, -0.25) is 4.79 Å². The van der Waals surface area contributed by atoms with Crippen LogP contribution in [0.4, 0.5) is 0 Å². The van der Waals surface area contributed by atoms with Crippen LogP contribution in [0.15, 0.2) is 54.6 Å². The summed E-state index contributed by atoms with van der Waals surface area (Å²) in [7, 11) is 0. The van der Waals surface area contributed by atoms with E-state index < -0.39 is 0 Å². The fourth-order valence-corrected chi connectivity index (χ4v) is 3.56. The summed E-state index contributed by atoms with van der Waals surface area (Å²) < 4.78 is 5.52. The van der Waals surface area contributed by atoms with E-state index in [1.807, 2.05) is 24.3 Å². The minimum absolute atomic E-state index is 0.0361. The zero-order chi connectivity index (χ0) is 17.5. The van der Waals surface area contributed by atoms with Gasteiger partial charge in [0.1, 0.15) is 12.4 Å². The van der Waals surface area contributed by atoms with Crippen molar-refractivity contribution in [2.24, 2.45) is 5.73 Å². The predicted molar refractivity (Wildman–Crippen MR) is 99.9 cm³/mol. The van der Waals surface area contributed by atoms with Crippen LogP contribution in [0.5, 0.6) is 5.75 Å². The normalized spacial score (nSPS) is 20.0. The monoisotopic (exact) mass is 338 g/mol. The lowest BCUT2D eigenvalue weighted by molar-refractivity contribution is 0.0920. The number of hydrogen-bond donors (Lipinski definition) is 2. The average Bonchev–Trinajstić information content (AvgIpc) is 2.67. The van der Waals surface area contributed by atoms with Crippen molar-refractivity contribution >= 4 is 5.91 Å². The molecule has 0 spiro atoms. The van der Waals surface area contributed by atoms with Crippen LogP contribution in [0, 0.1) is 0 Å². The van der Waals surface area contributed by atoms with Gasteiger partial charge in [-0.1, -0.05) is 49.2 Å². The van der Waals surface area contributed by atoms with Crippen LogP contribution in [-0.4, -0.2) is 25.1 Å². The lowest BCUT2D eigenvalue weighted by Crippen LogP contribution is -2.41. The van der Waals surface area contributed by atoms with Crippen molar-refractivity contribution in [2.75, 3.05) is 13.2 Å². The zero-order valence-corrected chi connectivity index (χ0v) is 14.5. The third-order valence-electron chi connectivity index (χ3n) is 4.79. The minimum Gasteiger partial charge on any atom is -0.492 e. The molecule has 1 amide bonds. The molecule has 2 aromatic rings. The van der Waals surface area contributed by atoms with Crippen LogP contribution < -0.4 is 15.8 Å². The van der Waals surface area contributed by atoms with E-state index in [0.29, 0.717) is 30.4 Å². The van der Waals surface area contributed by atoms with Gasteiger partial charge in [-0.25, -0.2) is 0 Å². The molecular weight excluding hydrogens is 312 g/mol. The topological polar surface area (TPSA) is 64.3 Å². The summed E-state index contributed by atoms with van der Waals surface area (Å²) in [6.07, 6.45) is 4.52. The van der Waals surface area contributed by atoms with Crippen molar-refractivity contribution < 1.29 is 9.53 Å². The second-order valence-corrected chi connectivity index (χ2v) is 6.55. The number of nitrogens with one attached hydrogen (secondary N) is 1. The number of benzene rings is 2. The predicted octanol–water partition coefficient (Wildman–Crippen LogP) is 3.48. The van der Waals surface area contributed by atoms with Gasteiger partial charge in [0.15, 0.2) is 0 Å². The Morgan fingerprint density at radius 2 is 1.88 bits per heavy atom. The van der Waals surface area contributed by atoms with Crippen molar-refractivity contribution in [3.05, 3.63) is 65.7 Å². The number of carbonyl (C=O) groups excluding carboxylic acids is 1. The molecule has 0 bridgehead atoms. The molecule has 4 heteroatoms. The summed E-state index contributed by atoms with van der Waals surface area (Å²) >= 11 is 0. The Kier molecular flexibility index (Phi) is 6.07. The number of amides is 1. The smallest absolute Gasteiger partial charge is 0.251 e. The van der Waals surface area contributed by atoms with Crippen LogP contribution >= 0.6 is 0 Å². The van der Waals surface area contributed by atoms with E-state index in [9.17, 15) is 4.79 Å². The Morgan fingerprint density at radius 3 is 2.68 bits per heavy atom. The van der Waals surface area contributed by atoms with Crippen molar-refractivity contribution in [3.8, 4) is 5.75 Å². The summed E-state index contributed by atoms with van der Waals surface area (Å²) in [4.78, 5) is 12.7. The second-order valence-electron chi connectivity index (χ2n) is 6.55. The van der Waals surface area contributed by atoms with Gasteiger partial charge in [0.05, 0.1) is 0 Å². The van der Waals surface area contributed by atoms with Crippen molar-refractivity contribution in [2.45, 2.75) is 37.6 Å². The molecule has 2 atom stereocenters. The highest BCUT2D eigenvalue weighted by Crippen LogP contribution is 2.33. The second kappa shape index (κ2) is 8.67. The molecule has 25 heavy (non-hydrogen) atoms. The van der Waals surface area contributed by atoms with Gasteiger partial charge in [-0.15, -0.1) is 0 Å². The molecule has 132 valence electrons. The maximum Gasteiger partial charge on any atom is 0.251 e. The number of nitrogens with two attached hydrogens (primary N) is 1. The maximum atomic E-state index is 12.7. The SMILES string of the molecule is NCCOc1cccc(C(=O)N[C@H]2CCCC[C@@H]2c2ccccc2)c1. The molecule has 1 aliphatic rings. The summed E-state index contributed by atoms with van der Waals surface area (Å²) in [5.41, 5.74) is 7.41. The summed E-state index contributed by atoms with van der Waals surface area (Å²) in [5, 5.41) is 3.25. The highest BCUT2D eigenvalue weighted by molar-refractivity contribution is 5.94. The van der Waals surface area contributed by atoms with Crippen LogP contribution in [0.1, 0.15) is 47.5 Å². The first-order chi connectivity index (χ1) is 12.3. The molecule has 1 saturated carbocycles. The van der Waals surface area contributed by atoms with Gasteiger partial charge in [-0.05, 0) is 36.6 Å². The molecule has 0 aliphatic heterocycles. The van der Waals surface area contributed by atoms with Gasteiger partial charge in [-0.2, -0.15) is 0 Å². The first-order valence-electron chi connectivity index (χ1n) is 9.06. The Balaban J connectivity index is 1.70. The first-order valence-corrected chi connectivity index (χ1v) is 9.06. The van der Waals surface area contributed by atoms with E-state index >= 15 is 0 Å². The Hall–Kier alpha value is -2.33. The average molecular weight is 338 g/mol. The first kappa shape index (κ1) is 17.5. The third kappa shape index (κ3) is 4.60. The molecule has 0 aromatic heterocycles. The van der Waals surface area contributed by atoms with E-state index in [1.54, 1.807) is 6.07 Å². The molecule has 3 rings (SSSR count). The van der Waals surface area contributed by atoms with Gasteiger partial charge >= 0.3 is 0 Å². The van der Waals surface area contributed by atoms with E-state index in [2.05, 4.69) is 29.6 Å². The lowest BCUT2D eigenvalue weighted by Gasteiger charge is -2.32. The molecule has 0 unspecified atom stereocenters. The summed E-state index contributed by atoms with van der Waals surface area (Å²) in [6, 6.07) is 18.0. The molecular formula is C21H26N2O2. The zero-order valence-electron chi connectivity index (χ0n) is 14.5.